The number of phenols is 1. The molecule has 1 N–H and O–H groups in total. The van der Waals surface area contributed by atoms with Gasteiger partial charge in [-0.2, -0.15) is 0 Å². The minimum absolute atomic E-state index is 0.00422. The van der Waals surface area contributed by atoms with Gasteiger partial charge in [-0.25, -0.2) is 4.79 Å². The van der Waals surface area contributed by atoms with E-state index in [1.165, 1.54) is 19.2 Å². The summed E-state index contributed by atoms with van der Waals surface area (Å²) in [5.74, 6) is -0.580. The van der Waals surface area contributed by atoms with Crippen molar-refractivity contribution in [3.63, 3.8) is 0 Å². The molecule has 2 aromatic carbocycles. The van der Waals surface area contributed by atoms with Crippen molar-refractivity contribution in [2.24, 2.45) is 0 Å². The Kier molecular flexibility index (Phi) is 4.48. The number of hydrogen-bond acceptors (Lipinski definition) is 4. The fraction of sp³-hybridized carbons (Fsp3) is 0.133. The third-order valence-electron chi connectivity index (χ3n) is 2.69. The molecule has 0 aliphatic rings. The Balaban J connectivity index is 2.17. The van der Waals surface area contributed by atoms with Crippen LogP contribution in [0.2, 0.25) is 5.02 Å². The fourth-order valence-corrected chi connectivity index (χ4v) is 1.88. The Morgan fingerprint density at radius 3 is 2.60 bits per heavy atom. The van der Waals surface area contributed by atoms with E-state index in [0.717, 1.165) is 5.56 Å². The van der Waals surface area contributed by atoms with Crippen molar-refractivity contribution in [1.29, 1.82) is 0 Å². The second kappa shape index (κ2) is 6.30. The summed E-state index contributed by atoms with van der Waals surface area (Å²) in [6, 6.07) is 12.2. The monoisotopic (exact) mass is 292 g/mol. The summed E-state index contributed by atoms with van der Waals surface area (Å²) < 4.78 is 10.1. The van der Waals surface area contributed by atoms with Crippen LogP contribution in [0.25, 0.3) is 0 Å². The number of carbonyl (C=O) groups is 1. The maximum absolute atomic E-state index is 11.4. The third-order valence-corrected chi connectivity index (χ3v) is 2.99. The summed E-state index contributed by atoms with van der Waals surface area (Å²) in [4.78, 5) is 11.4. The molecule has 20 heavy (non-hydrogen) atoms. The summed E-state index contributed by atoms with van der Waals surface area (Å²) in [5, 5.41) is 10.0. The number of halogens is 1. The average Bonchev–Trinajstić information content (AvgIpc) is 2.48. The molecule has 0 radical (unpaired) electrons. The van der Waals surface area contributed by atoms with Crippen LogP contribution in [-0.4, -0.2) is 18.2 Å². The highest BCUT2D eigenvalue weighted by Crippen LogP contribution is 2.32. The van der Waals surface area contributed by atoms with Crippen LogP contribution >= 0.6 is 11.6 Å². The Morgan fingerprint density at radius 2 is 1.95 bits per heavy atom. The van der Waals surface area contributed by atoms with Crippen molar-refractivity contribution in [2.75, 3.05) is 7.11 Å². The van der Waals surface area contributed by atoms with Gasteiger partial charge in [-0.3, -0.25) is 0 Å². The molecule has 5 heteroatoms. The minimum Gasteiger partial charge on any atom is -0.507 e. The molecule has 0 aromatic heterocycles. The Morgan fingerprint density at radius 1 is 1.25 bits per heavy atom. The standard InChI is InChI=1S/C15H13ClO4/c1-19-15(18)11-7-12(16)14(8-13(11)17)20-9-10-5-3-2-4-6-10/h2-8,17H,9H2,1H3. The van der Waals surface area contributed by atoms with Crippen molar-refractivity contribution < 1.29 is 19.4 Å². The maximum atomic E-state index is 11.4. The van der Waals surface area contributed by atoms with Crippen molar-refractivity contribution in [3.8, 4) is 11.5 Å². The molecule has 0 spiro atoms. The summed E-state index contributed by atoms with van der Waals surface area (Å²) in [6.07, 6.45) is 0. The number of ether oxygens (including phenoxy) is 2. The van der Waals surface area contributed by atoms with E-state index < -0.39 is 5.97 Å². The highest BCUT2D eigenvalue weighted by Gasteiger charge is 2.15. The van der Waals surface area contributed by atoms with Crippen LogP contribution in [0.1, 0.15) is 15.9 Å². The van der Waals surface area contributed by atoms with Crippen molar-refractivity contribution in [1.82, 2.24) is 0 Å². The molecule has 0 saturated carbocycles. The topological polar surface area (TPSA) is 55.8 Å². The Bertz CT molecular complexity index is 611. The highest BCUT2D eigenvalue weighted by molar-refractivity contribution is 6.32. The number of esters is 1. The first-order valence-electron chi connectivity index (χ1n) is 5.89. The molecule has 104 valence electrons. The largest absolute Gasteiger partial charge is 0.507 e. The Hall–Kier alpha value is -2.20. The van der Waals surface area contributed by atoms with Gasteiger partial charge < -0.3 is 14.6 Å². The van der Waals surface area contributed by atoms with Gasteiger partial charge in [0.05, 0.1) is 12.1 Å². The second-order valence-corrected chi connectivity index (χ2v) is 4.47. The van der Waals surface area contributed by atoms with E-state index >= 15 is 0 Å². The summed E-state index contributed by atoms with van der Waals surface area (Å²) in [7, 11) is 1.23. The summed E-state index contributed by atoms with van der Waals surface area (Å²) in [6.45, 7) is 0.317. The van der Waals surface area contributed by atoms with E-state index in [9.17, 15) is 9.90 Å². The molecule has 0 heterocycles. The maximum Gasteiger partial charge on any atom is 0.341 e. The lowest BCUT2D eigenvalue weighted by Gasteiger charge is -2.10. The molecule has 2 rings (SSSR count). The van der Waals surface area contributed by atoms with Gasteiger partial charge in [-0.1, -0.05) is 41.9 Å². The molecule has 0 atom stereocenters. The van der Waals surface area contributed by atoms with Crippen LogP contribution in [0.4, 0.5) is 0 Å². The molecule has 0 saturated heterocycles. The van der Waals surface area contributed by atoms with E-state index in [1.54, 1.807) is 0 Å². The zero-order chi connectivity index (χ0) is 14.5. The number of phenolic OH excluding ortho intramolecular Hbond substituents is 1. The molecule has 0 fully saturated rings. The number of rotatable bonds is 4. The van der Waals surface area contributed by atoms with E-state index in [2.05, 4.69) is 4.74 Å². The van der Waals surface area contributed by atoms with E-state index in [4.69, 9.17) is 16.3 Å². The molecule has 0 amide bonds. The number of carbonyl (C=O) groups excluding carboxylic acids is 1. The lowest BCUT2D eigenvalue weighted by atomic mass is 10.2. The first kappa shape index (κ1) is 14.2. The quantitative estimate of drug-likeness (QED) is 0.877. The Labute approximate surface area is 121 Å². The van der Waals surface area contributed by atoms with Crippen molar-refractivity contribution in [2.45, 2.75) is 6.61 Å². The van der Waals surface area contributed by atoms with Gasteiger partial charge in [0.15, 0.2) is 0 Å². The van der Waals surface area contributed by atoms with Gasteiger partial charge in [-0.15, -0.1) is 0 Å². The van der Waals surface area contributed by atoms with Crippen molar-refractivity contribution in [3.05, 3.63) is 58.6 Å². The van der Waals surface area contributed by atoms with Gasteiger partial charge >= 0.3 is 5.97 Å². The molecule has 2 aromatic rings. The predicted molar refractivity (Wildman–Crippen MR) is 75.2 cm³/mol. The SMILES string of the molecule is COC(=O)c1cc(Cl)c(OCc2ccccc2)cc1O. The predicted octanol–water partition coefficient (Wildman–Crippen LogP) is 3.41. The zero-order valence-corrected chi connectivity index (χ0v) is 11.6. The highest BCUT2D eigenvalue weighted by atomic mass is 35.5. The summed E-state index contributed by atoms with van der Waals surface area (Å²) in [5.41, 5.74) is 0.977. The van der Waals surface area contributed by atoms with Crippen molar-refractivity contribution >= 4 is 17.6 Å². The average molecular weight is 293 g/mol. The van der Waals surface area contributed by atoms with Crippen LogP contribution in [0.3, 0.4) is 0 Å². The van der Waals surface area contributed by atoms with Gasteiger partial charge in [0, 0.05) is 6.07 Å². The number of methoxy groups -OCH3 is 1. The molecule has 0 bridgehead atoms. The summed E-state index contributed by atoms with van der Waals surface area (Å²) >= 11 is 6.02. The second-order valence-electron chi connectivity index (χ2n) is 4.07. The van der Waals surface area contributed by atoms with Crippen LogP contribution in [0.15, 0.2) is 42.5 Å². The molecule has 0 aliphatic carbocycles. The minimum atomic E-state index is -0.654. The van der Waals surface area contributed by atoms with Gasteiger partial charge in [-0.05, 0) is 11.6 Å². The molecule has 0 aliphatic heterocycles. The van der Waals surface area contributed by atoms with Crippen LogP contribution in [0.5, 0.6) is 11.5 Å². The first-order valence-corrected chi connectivity index (χ1v) is 6.27. The lowest BCUT2D eigenvalue weighted by Crippen LogP contribution is -2.03. The van der Waals surface area contributed by atoms with Gasteiger partial charge in [0.1, 0.15) is 23.7 Å². The third kappa shape index (κ3) is 3.22. The number of benzene rings is 2. The number of aromatic hydroxyl groups is 1. The van der Waals surface area contributed by atoms with E-state index in [0.29, 0.717) is 12.4 Å². The van der Waals surface area contributed by atoms with Crippen LogP contribution in [-0.2, 0) is 11.3 Å². The van der Waals surface area contributed by atoms with Crippen LogP contribution < -0.4 is 4.74 Å². The molecule has 4 nitrogen and oxygen atoms in total. The smallest absolute Gasteiger partial charge is 0.341 e. The van der Waals surface area contributed by atoms with Gasteiger partial charge in [0.25, 0.3) is 0 Å². The van der Waals surface area contributed by atoms with E-state index in [1.807, 2.05) is 30.3 Å². The fourth-order valence-electron chi connectivity index (χ4n) is 1.66. The van der Waals surface area contributed by atoms with Gasteiger partial charge in [0.2, 0.25) is 0 Å². The normalized spacial score (nSPS) is 10.1. The zero-order valence-electron chi connectivity index (χ0n) is 10.8. The molecular formula is C15H13ClO4. The first-order chi connectivity index (χ1) is 9.61. The number of hydrogen-bond donors (Lipinski definition) is 1. The van der Waals surface area contributed by atoms with Crippen LogP contribution in [0, 0.1) is 0 Å². The van der Waals surface area contributed by atoms with E-state index in [-0.39, 0.29) is 16.3 Å². The molecule has 0 unspecified atom stereocenters. The molecular weight excluding hydrogens is 280 g/mol. The lowest BCUT2D eigenvalue weighted by molar-refractivity contribution is 0.0597.